The standard InChI is InChI=1S/C20H20N2O4/c1-12-8-9-18(25-3)17(10-12)22-19(23)13(2)26-20(24)15-11-21-16-7-5-4-6-14(15)16/h4-11,13,21H,1-3H3,(H,22,23). The molecule has 1 atom stereocenters. The van der Waals surface area contributed by atoms with E-state index in [1.54, 1.807) is 18.3 Å². The summed E-state index contributed by atoms with van der Waals surface area (Å²) in [7, 11) is 1.53. The number of hydrogen-bond acceptors (Lipinski definition) is 4. The number of carbonyl (C=O) groups is 2. The molecule has 6 nitrogen and oxygen atoms in total. The summed E-state index contributed by atoms with van der Waals surface area (Å²) >= 11 is 0. The minimum atomic E-state index is -0.957. The van der Waals surface area contributed by atoms with Gasteiger partial charge in [0.1, 0.15) is 5.75 Å². The Bertz CT molecular complexity index is 961. The van der Waals surface area contributed by atoms with Gasteiger partial charge in [-0.15, -0.1) is 0 Å². The number of aromatic nitrogens is 1. The minimum absolute atomic E-state index is 0.397. The lowest BCUT2D eigenvalue weighted by atomic mass is 10.2. The van der Waals surface area contributed by atoms with E-state index in [4.69, 9.17) is 9.47 Å². The van der Waals surface area contributed by atoms with Crippen molar-refractivity contribution in [1.29, 1.82) is 0 Å². The molecule has 0 aliphatic heterocycles. The normalized spacial score (nSPS) is 11.8. The van der Waals surface area contributed by atoms with Gasteiger partial charge in [-0.2, -0.15) is 0 Å². The molecule has 0 bridgehead atoms. The molecule has 0 saturated heterocycles. The van der Waals surface area contributed by atoms with Gasteiger partial charge in [0, 0.05) is 17.1 Å². The maximum Gasteiger partial charge on any atom is 0.341 e. The number of esters is 1. The van der Waals surface area contributed by atoms with E-state index in [0.29, 0.717) is 17.0 Å². The van der Waals surface area contributed by atoms with Crippen molar-refractivity contribution >= 4 is 28.5 Å². The fourth-order valence-corrected chi connectivity index (χ4v) is 2.67. The highest BCUT2D eigenvalue weighted by Crippen LogP contribution is 2.25. The molecule has 6 heteroatoms. The Kier molecular flexibility index (Phi) is 4.93. The van der Waals surface area contributed by atoms with Crippen molar-refractivity contribution in [2.45, 2.75) is 20.0 Å². The van der Waals surface area contributed by atoms with Crippen molar-refractivity contribution in [3.63, 3.8) is 0 Å². The van der Waals surface area contributed by atoms with Gasteiger partial charge >= 0.3 is 5.97 Å². The van der Waals surface area contributed by atoms with Crippen LogP contribution in [0.25, 0.3) is 10.9 Å². The molecular formula is C20H20N2O4. The molecule has 1 amide bonds. The third kappa shape index (κ3) is 3.54. The zero-order chi connectivity index (χ0) is 18.7. The first-order chi connectivity index (χ1) is 12.5. The topological polar surface area (TPSA) is 80.4 Å². The summed E-state index contributed by atoms with van der Waals surface area (Å²) in [5, 5.41) is 3.50. The van der Waals surface area contributed by atoms with Gasteiger partial charge in [0.25, 0.3) is 5.91 Å². The first-order valence-corrected chi connectivity index (χ1v) is 8.22. The van der Waals surface area contributed by atoms with Gasteiger partial charge in [-0.3, -0.25) is 4.79 Å². The SMILES string of the molecule is COc1ccc(C)cc1NC(=O)C(C)OC(=O)c1c[nH]c2ccccc12. The fraction of sp³-hybridized carbons (Fsp3) is 0.200. The summed E-state index contributed by atoms with van der Waals surface area (Å²) in [6.45, 7) is 3.44. The van der Waals surface area contributed by atoms with Crippen molar-refractivity contribution in [2.24, 2.45) is 0 Å². The highest BCUT2D eigenvalue weighted by Gasteiger charge is 2.22. The lowest BCUT2D eigenvalue weighted by Crippen LogP contribution is -2.30. The monoisotopic (exact) mass is 352 g/mol. The second-order valence-corrected chi connectivity index (χ2v) is 5.99. The summed E-state index contributed by atoms with van der Waals surface area (Å²) in [4.78, 5) is 27.8. The molecule has 0 aliphatic carbocycles. The molecule has 26 heavy (non-hydrogen) atoms. The molecule has 0 fully saturated rings. The molecule has 1 aromatic heterocycles. The predicted octanol–water partition coefficient (Wildman–Crippen LogP) is 3.67. The molecule has 2 aromatic carbocycles. The molecular weight excluding hydrogens is 332 g/mol. The minimum Gasteiger partial charge on any atom is -0.495 e. The van der Waals surface area contributed by atoms with Crippen LogP contribution >= 0.6 is 0 Å². The Morgan fingerprint density at radius 3 is 2.69 bits per heavy atom. The number of para-hydroxylation sites is 1. The number of rotatable bonds is 5. The van der Waals surface area contributed by atoms with Crippen LogP contribution < -0.4 is 10.1 Å². The molecule has 1 heterocycles. The van der Waals surface area contributed by atoms with E-state index in [9.17, 15) is 9.59 Å². The first-order valence-electron chi connectivity index (χ1n) is 8.22. The number of aryl methyl sites for hydroxylation is 1. The van der Waals surface area contributed by atoms with Gasteiger partial charge in [0.2, 0.25) is 0 Å². The number of ether oxygens (including phenoxy) is 2. The summed E-state index contributed by atoms with van der Waals surface area (Å²) in [6, 6.07) is 12.9. The van der Waals surface area contributed by atoms with Crippen LogP contribution in [0.2, 0.25) is 0 Å². The number of fused-ring (bicyclic) bond motifs is 1. The highest BCUT2D eigenvalue weighted by molar-refractivity contribution is 6.05. The van der Waals surface area contributed by atoms with Gasteiger partial charge < -0.3 is 19.8 Å². The van der Waals surface area contributed by atoms with E-state index in [2.05, 4.69) is 10.3 Å². The number of anilines is 1. The maximum absolute atomic E-state index is 12.4. The third-order valence-electron chi connectivity index (χ3n) is 4.08. The molecule has 2 N–H and O–H groups in total. The van der Waals surface area contributed by atoms with Gasteiger partial charge in [0.05, 0.1) is 18.4 Å². The van der Waals surface area contributed by atoms with Crippen LogP contribution in [-0.2, 0) is 9.53 Å². The van der Waals surface area contributed by atoms with E-state index in [-0.39, 0.29) is 0 Å². The molecule has 1 unspecified atom stereocenters. The van der Waals surface area contributed by atoms with E-state index in [1.165, 1.54) is 14.0 Å². The number of hydrogen-bond donors (Lipinski definition) is 2. The predicted molar refractivity (Wildman–Crippen MR) is 99.5 cm³/mol. The van der Waals surface area contributed by atoms with Crippen LogP contribution in [0.4, 0.5) is 5.69 Å². The van der Waals surface area contributed by atoms with Crippen LogP contribution in [0.5, 0.6) is 5.75 Å². The van der Waals surface area contributed by atoms with E-state index in [0.717, 1.165) is 16.5 Å². The second kappa shape index (κ2) is 7.31. The van der Waals surface area contributed by atoms with E-state index < -0.39 is 18.0 Å². The lowest BCUT2D eigenvalue weighted by Gasteiger charge is -2.15. The molecule has 134 valence electrons. The molecule has 3 aromatic rings. The van der Waals surface area contributed by atoms with Crippen LogP contribution in [-0.4, -0.2) is 30.1 Å². The summed E-state index contributed by atoms with van der Waals surface area (Å²) in [5.74, 6) is -0.442. The number of H-pyrrole nitrogens is 1. The number of aromatic amines is 1. The summed E-state index contributed by atoms with van der Waals surface area (Å²) in [5.41, 5.74) is 2.74. The second-order valence-electron chi connectivity index (χ2n) is 5.99. The highest BCUT2D eigenvalue weighted by atomic mass is 16.5. The summed E-state index contributed by atoms with van der Waals surface area (Å²) < 4.78 is 10.6. The van der Waals surface area contributed by atoms with Crippen LogP contribution in [0.3, 0.4) is 0 Å². The van der Waals surface area contributed by atoms with Crippen LogP contribution in [0.1, 0.15) is 22.8 Å². The Hall–Kier alpha value is -3.28. The number of carbonyl (C=O) groups excluding carboxylic acids is 2. The van der Waals surface area contributed by atoms with Crippen molar-refractivity contribution in [1.82, 2.24) is 4.98 Å². The average Bonchev–Trinajstić information content (AvgIpc) is 3.06. The fourth-order valence-electron chi connectivity index (χ4n) is 2.67. The summed E-state index contributed by atoms with van der Waals surface area (Å²) in [6.07, 6.45) is 0.627. The van der Waals surface area contributed by atoms with Gasteiger partial charge in [-0.25, -0.2) is 4.79 Å². The quantitative estimate of drug-likeness (QED) is 0.687. The van der Waals surface area contributed by atoms with Crippen molar-refractivity contribution in [3.8, 4) is 5.75 Å². The van der Waals surface area contributed by atoms with Gasteiger partial charge in [-0.1, -0.05) is 24.3 Å². The van der Waals surface area contributed by atoms with E-state index >= 15 is 0 Å². The Morgan fingerprint density at radius 2 is 1.92 bits per heavy atom. The van der Waals surface area contributed by atoms with Gasteiger partial charge in [-0.05, 0) is 37.6 Å². The molecule has 0 radical (unpaired) electrons. The largest absolute Gasteiger partial charge is 0.495 e. The van der Waals surface area contributed by atoms with Crippen LogP contribution in [0, 0.1) is 6.92 Å². The van der Waals surface area contributed by atoms with Crippen molar-refractivity contribution in [2.75, 3.05) is 12.4 Å². The lowest BCUT2D eigenvalue weighted by molar-refractivity contribution is -0.123. The average molecular weight is 352 g/mol. The molecule has 0 saturated carbocycles. The van der Waals surface area contributed by atoms with E-state index in [1.807, 2.05) is 37.3 Å². The number of methoxy groups -OCH3 is 1. The Morgan fingerprint density at radius 1 is 1.15 bits per heavy atom. The third-order valence-corrected chi connectivity index (χ3v) is 4.08. The first kappa shape index (κ1) is 17.5. The number of nitrogens with one attached hydrogen (secondary N) is 2. The number of benzene rings is 2. The zero-order valence-corrected chi connectivity index (χ0v) is 14.8. The smallest absolute Gasteiger partial charge is 0.341 e. The molecule has 3 rings (SSSR count). The molecule has 0 aliphatic rings. The van der Waals surface area contributed by atoms with Crippen LogP contribution in [0.15, 0.2) is 48.7 Å². The Balaban J connectivity index is 1.71. The number of amides is 1. The van der Waals surface area contributed by atoms with Crippen molar-refractivity contribution in [3.05, 3.63) is 59.8 Å². The zero-order valence-electron chi connectivity index (χ0n) is 14.8. The van der Waals surface area contributed by atoms with Gasteiger partial charge in [0.15, 0.2) is 6.10 Å². The van der Waals surface area contributed by atoms with Crippen molar-refractivity contribution < 1.29 is 19.1 Å². The maximum atomic E-state index is 12.4. The Labute approximate surface area is 151 Å². The molecule has 0 spiro atoms.